The number of nitrogens with zero attached hydrogens (tertiary/aromatic N) is 6. The normalized spacial score (nSPS) is 11.4. The average Bonchev–Trinajstić information content (AvgIpc) is 3.14. The van der Waals surface area contributed by atoms with E-state index in [0.717, 1.165) is 29.0 Å². The van der Waals surface area contributed by atoms with Crippen LogP contribution in [0, 0.1) is 0 Å². The van der Waals surface area contributed by atoms with Crippen molar-refractivity contribution in [2.45, 2.75) is 13.1 Å². The molecule has 0 fully saturated rings. The second-order valence-electron chi connectivity index (χ2n) is 7.24. The van der Waals surface area contributed by atoms with Gasteiger partial charge in [-0.05, 0) is 35.4 Å². The molecule has 0 atom stereocenters. The number of imidazole rings is 1. The monoisotopic (exact) mass is 444 g/mol. The first-order valence-electron chi connectivity index (χ1n) is 10.3. The summed E-state index contributed by atoms with van der Waals surface area (Å²) in [7, 11) is 4.90. The molecule has 0 N–H and O–H groups in total. The molecule has 33 heavy (non-hydrogen) atoms. The third-order valence-corrected chi connectivity index (χ3v) is 5.25. The van der Waals surface area contributed by atoms with Gasteiger partial charge in [0.25, 0.3) is 0 Å². The number of hydrogen-bond donors (Lipinski definition) is 0. The fourth-order valence-corrected chi connectivity index (χ4v) is 3.53. The number of amides is 1. The van der Waals surface area contributed by atoms with E-state index in [1.54, 1.807) is 27.6 Å². The summed E-state index contributed by atoms with van der Waals surface area (Å²) >= 11 is 0. The van der Waals surface area contributed by atoms with Gasteiger partial charge in [0.15, 0.2) is 11.5 Å². The highest BCUT2D eigenvalue weighted by Crippen LogP contribution is 2.17. The predicted molar refractivity (Wildman–Crippen MR) is 124 cm³/mol. The lowest BCUT2D eigenvalue weighted by Crippen LogP contribution is -2.27. The zero-order valence-electron chi connectivity index (χ0n) is 18.7. The Morgan fingerprint density at radius 3 is 2.15 bits per heavy atom. The van der Waals surface area contributed by atoms with Crippen molar-refractivity contribution in [2.24, 2.45) is 4.99 Å². The Morgan fingerprint density at radius 1 is 0.939 bits per heavy atom. The largest absolute Gasteiger partial charge is 0.497 e. The fourth-order valence-electron chi connectivity index (χ4n) is 3.53. The maximum absolute atomic E-state index is 12.0. The Bertz CT molecular complexity index is 1320. The van der Waals surface area contributed by atoms with Gasteiger partial charge in [0, 0.05) is 7.05 Å². The molecule has 0 bridgehead atoms. The summed E-state index contributed by atoms with van der Waals surface area (Å²) in [4.78, 5) is 31.4. The molecule has 2 aromatic heterocycles. The summed E-state index contributed by atoms with van der Waals surface area (Å²) in [6.07, 6.45) is 3.89. The van der Waals surface area contributed by atoms with Crippen molar-refractivity contribution in [3.8, 4) is 11.5 Å². The first kappa shape index (κ1) is 21.9. The van der Waals surface area contributed by atoms with Crippen LogP contribution in [0.25, 0.3) is 11.2 Å². The van der Waals surface area contributed by atoms with Gasteiger partial charge in [-0.25, -0.2) is 15.0 Å². The van der Waals surface area contributed by atoms with Crippen molar-refractivity contribution in [1.82, 2.24) is 19.5 Å². The lowest BCUT2D eigenvalue weighted by atomic mass is 10.2. The molecule has 0 aliphatic heterocycles. The highest BCUT2D eigenvalue weighted by Gasteiger charge is 2.15. The van der Waals surface area contributed by atoms with E-state index in [4.69, 9.17) is 9.47 Å². The molecule has 0 aliphatic carbocycles. The third kappa shape index (κ3) is 4.67. The number of fused-ring (bicyclic) bond motifs is 1. The van der Waals surface area contributed by atoms with Gasteiger partial charge < -0.3 is 14.0 Å². The molecular weight excluding hydrogens is 420 g/mol. The molecular formula is C24H24N6O3. The van der Waals surface area contributed by atoms with E-state index in [-0.39, 0.29) is 0 Å². The van der Waals surface area contributed by atoms with Gasteiger partial charge in [0.05, 0.1) is 33.6 Å². The summed E-state index contributed by atoms with van der Waals surface area (Å²) in [6, 6.07) is 15.3. The molecule has 1 amide bonds. The standard InChI is InChI=1S/C24H24N6O3/c1-25-21-22-24(29(15-28-22)12-17-4-8-19(32-2)9-5-17)27-14-26-23(21)30(16-31)13-18-6-10-20(33-3)11-7-18/h4-11,14-16H,12-13H2,1-3H3. The Labute approximate surface area is 191 Å². The second-order valence-corrected chi connectivity index (χ2v) is 7.24. The summed E-state index contributed by atoms with van der Waals surface area (Å²) in [6.45, 7) is 0.889. The highest BCUT2D eigenvalue weighted by molar-refractivity contribution is 5.78. The maximum atomic E-state index is 12.0. The van der Waals surface area contributed by atoms with Gasteiger partial charge in [-0.1, -0.05) is 24.3 Å². The number of benzene rings is 2. The minimum Gasteiger partial charge on any atom is -0.497 e. The molecule has 0 saturated carbocycles. The number of hydrogen-bond acceptors (Lipinski definition) is 7. The predicted octanol–water partition coefficient (Wildman–Crippen LogP) is 2.59. The van der Waals surface area contributed by atoms with E-state index >= 15 is 0 Å². The van der Waals surface area contributed by atoms with E-state index in [1.807, 2.05) is 53.1 Å². The molecule has 9 heteroatoms. The Balaban J connectivity index is 1.71. The van der Waals surface area contributed by atoms with Crippen LogP contribution in [0.4, 0.5) is 5.82 Å². The van der Waals surface area contributed by atoms with E-state index in [0.29, 0.717) is 35.4 Å². The van der Waals surface area contributed by atoms with E-state index in [2.05, 4.69) is 19.9 Å². The smallest absolute Gasteiger partial charge is 0.215 e. The zero-order valence-corrected chi connectivity index (χ0v) is 18.7. The number of aromatic nitrogens is 4. The Morgan fingerprint density at radius 2 is 1.58 bits per heavy atom. The van der Waals surface area contributed by atoms with Crippen molar-refractivity contribution in [1.29, 1.82) is 0 Å². The highest BCUT2D eigenvalue weighted by atomic mass is 16.5. The second kappa shape index (κ2) is 9.90. The van der Waals surface area contributed by atoms with Crippen LogP contribution in [0.1, 0.15) is 11.1 Å². The van der Waals surface area contributed by atoms with Crippen LogP contribution in [-0.4, -0.2) is 47.2 Å². The Hall–Kier alpha value is -4.27. The van der Waals surface area contributed by atoms with Crippen molar-refractivity contribution >= 4 is 23.4 Å². The van der Waals surface area contributed by atoms with Gasteiger partial charge in [-0.2, -0.15) is 0 Å². The van der Waals surface area contributed by atoms with Gasteiger partial charge in [0.1, 0.15) is 28.7 Å². The van der Waals surface area contributed by atoms with Gasteiger partial charge in [-0.15, -0.1) is 0 Å². The van der Waals surface area contributed by atoms with E-state index in [1.165, 1.54) is 11.2 Å². The number of anilines is 1. The summed E-state index contributed by atoms with van der Waals surface area (Å²) in [5.41, 5.74) is 3.19. The molecule has 0 unspecified atom stereocenters. The quantitative estimate of drug-likeness (QED) is 0.388. The van der Waals surface area contributed by atoms with Crippen molar-refractivity contribution in [2.75, 3.05) is 26.2 Å². The number of rotatable bonds is 8. The first-order valence-corrected chi connectivity index (χ1v) is 10.3. The molecule has 4 aromatic rings. The van der Waals surface area contributed by atoms with Crippen LogP contribution < -0.4 is 19.7 Å². The number of methoxy groups -OCH3 is 2. The maximum Gasteiger partial charge on any atom is 0.215 e. The molecule has 0 aliphatic rings. The molecule has 0 spiro atoms. The Kier molecular flexibility index (Phi) is 6.58. The van der Waals surface area contributed by atoms with Crippen LogP contribution >= 0.6 is 0 Å². The fraction of sp³-hybridized carbons (Fsp3) is 0.208. The minimum atomic E-state index is 0.321. The average molecular weight is 444 g/mol. The number of ether oxygens (including phenoxy) is 2. The van der Waals surface area contributed by atoms with Crippen LogP contribution in [0.15, 0.2) is 66.2 Å². The molecule has 0 radical (unpaired) electrons. The summed E-state index contributed by atoms with van der Waals surface area (Å²) in [5.74, 6) is 1.93. The van der Waals surface area contributed by atoms with E-state index in [9.17, 15) is 4.79 Å². The molecule has 168 valence electrons. The van der Waals surface area contributed by atoms with Crippen molar-refractivity contribution in [3.05, 3.63) is 77.7 Å². The zero-order chi connectivity index (χ0) is 23.2. The lowest BCUT2D eigenvalue weighted by molar-refractivity contribution is -0.107. The SMILES string of the molecule is CN=c1c(N(C=O)Cc2ccc(OC)cc2)ncnc2c1ncn2Cc1ccc(OC)cc1. The van der Waals surface area contributed by atoms with Gasteiger partial charge in [0.2, 0.25) is 6.41 Å². The van der Waals surface area contributed by atoms with Crippen LogP contribution in [0.5, 0.6) is 11.5 Å². The van der Waals surface area contributed by atoms with Crippen LogP contribution in [-0.2, 0) is 17.9 Å². The van der Waals surface area contributed by atoms with Crippen molar-refractivity contribution < 1.29 is 14.3 Å². The van der Waals surface area contributed by atoms with Crippen LogP contribution in [0.3, 0.4) is 0 Å². The molecule has 0 saturated heterocycles. The first-order chi connectivity index (χ1) is 16.2. The number of carbonyl (C=O) groups is 1. The minimum absolute atomic E-state index is 0.321. The van der Waals surface area contributed by atoms with Gasteiger partial charge in [-0.3, -0.25) is 14.7 Å². The van der Waals surface area contributed by atoms with Crippen molar-refractivity contribution in [3.63, 3.8) is 0 Å². The van der Waals surface area contributed by atoms with Crippen LogP contribution in [0.2, 0.25) is 0 Å². The molecule has 2 heterocycles. The molecule has 9 nitrogen and oxygen atoms in total. The molecule has 2 aromatic carbocycles. The third-order valence-electron chi connectivity index (χ3n) is 5.25. The summed E-state index contributed by atoms with van der Waals surface area (Å²) < 4.78 is 12.4. The van der Waals surface area contributed by atoms with E-state index < -0.39 is 0 Å². The lowest BCUT2D eigenvalue weighted by Gasteiger charge is -2.15. The topological polar surface area (TPSA) is 94.7 Å². The summed E-state index contributed by atoms with van der Waals surface area (Å²) in [5, 5.41) is 0.497. The van der Waals surface area contributed by atoms with Gasteiger partial charge >= 0.3 is 0 Å². The molecule has 4 rings (SSSR count). The number of carbonyl (C=O) groups excluding carboxylic acids is 1.